The van der Waals surface area contributed by atoms with Crippen molar-refractivity contribution >= 4 is 5.78 Å². The number of halogens is 1. The van der Waals surface area contributed by atoms with Crippen LogP contribution in [0, 0.1) is 17.1 Å². The van der Waals surface area contributed by atoms with E-state index in [0.717, 1.165) is 0 Å². The van der Waals surface area contributed by atoms with Crippen LogP contribution in [-0.4, -0.2) is 10.4 Å². The molecule has 2 aromatic rings. The van der Waals surface area contributed by atoms with Gasteiger partial charge in [-0.1, -0.05) is 12.1 Å². The number of hydrogen-bond donors (Lipinski definition) is 0. The van der Waals surface area contributed by atoms with Crippen molar-refractivity contribution in [1.29, 1.82) is 5.26 Å². The predicted octanol–water partition coefficient (Wildman–Crippen LogP) is 2.38. The molecule has 0 aliphatic heterocycles. The molecule has 0 aliphatic carbocycles. The monoisotopic (exact) mass is 228 g/mol. The Morgan fingerprint density at radius 3 is 2.88 bits per heavy atom. The molecule has 1 aromatic heterocycles. The third-order valence-electron chi connectivity index (χ3n) is 2.40. The van der Waals surface area contributed by atoms with E-state index in [0.29, 0.717) is 11.3 Å². The molecule has 17 heavy (non-hydrogen) atoms. The lowest BCUT2D eigenvalue weighted by molar-refractivity contribution is 0.0971. The molecule has 0 amide bonds. The lowest BCUT2D eigenvalue weighted by Gasteiger charge is -2.04. The maximum absolute atomic E-state index is 12.9. The minimum atomic E-state index is -0.441. The Morgan fingerprint density at radius 2 is 2.18 bits per heavy atom. The molecule has 84 valence electrons. The molecule has 0 fully saturated rings. The van der Waals surface area contributed by atoms with Gasteiger partial charge in [-0.25, -0.2) is 4.39 Å². The second kappa shape index (κ2) is 4.62. The maximum atomic E-state index is 12.9. The molecule has 0 atom stereocenters. The summed E-state index contributed by atoms with van der Waals surface area (Å²) in [6, 6.07) is 10.8. The molecule has 0 N–H and O–H groups in total. The molecular formula is C13H9FN2O. The van der Waals surface area contributed by atoms with E-state index in [2.05, 4.69) is 0 Å². The normalized spacial score (nSPS) is 9.88. The summed E-state index contributed by atoms with van der Waals surface area (Å²) in [5.41, 5.74) is 0.720. The highest BCUT2D eigenvalue weighted by Gasteiger charge is 2.09. The average Bonchev–Trinajstić information content (AvgIpc) is 2.76. The van der Waals surface area contributed by atoms with Gasteiger partial charge in [0.15, 0.2) is 5.78 Å². The fourth-order valence-electron chi connectivity index (χ4n) is 1.56. The lowest BCUT2D eigenvalue weighted by Crippen LogP contribution is -2.11. The van der Waals surface area contributed by atoms with Gasteiger partial charge < -0.3 is 4.57 Å². The van der Waals surface area contributed by atoms with Crippen molar-refractivity contribution in [2.75, 3.05) is 0 Å². The molecule has 3 nitrogen and oxygen atoms in total. The van der Waals surface area contributed by atoms with Crippen LogP contribution in [0.25, 0.3) is 0 Å². The van der Waals surface area contributed by atoms with Gasteiger partial charge in [-0.2, -0.15) is 5.26 Å². The minimum absolute atomic E-state index is 0.0410. The van der Waals surface area contributed by atoms with Gasteiger partial charge in [0, 0.05) is 11.8 Å². The topological polar surface area (TPSA) is 45.8 Å². The Bertz CT molecular complexity index is 595. The van der Waals surface area contributed by atoms with E-state index < -0.39 is 5.82 Å². The summed E-state index contributed by atoms with van der Waals surface area (Å²) >= 11 is 0. The Morgan fingerprint density at radius 1 is 1.35 bits per heavy atom. The number of carbonyl (C=O) groups excluding carboxylic acids is 1. The first-order valence-electron chi connectivity index (χ1n) is 5.05. The number of benzene rings is 1. The lowest BCUT2D eigenvalue weighted by atomic mass is 10.1. The summed E-state index contributed by atoms with van der Waals surface area (Å²) in [6.45, 7) is 0.0410. The van der Waals surface area contributed by atoms with Gasteiger partial charge in [0.1, 0.15) is 17.6 Å². The summed E-state index contributed by atoms with van der Waals surface area (Å²) in [4.78, 5) is 11.8. The maximum Gasteiger partial charge on any atom is 0.182 e. The van der Waals surface area contributed by atoms with Crippen LogP contribution < -0.4 is 0 Å². The van der Waals surface area contributed by atoms with Gasteiger partial charge in [-0.15, -0.1) is 0 Å². The minimum Gasteiger partial charge on any atom is -0.332 e. The molecule has 0 bridgehead atoms. The Kier molecular flexibility index (Phi) is 3.01. The van der Waals surface area contributed by atoms with E-state index in [1.165, 1.54) is 22.8 Å². The first-order valence-corrected chi connectivity index (χ1v) is 5.05. The fourth-order valence-corrected chi connectivity index (χ4v) is 1.56. The second-order valence-corrected chi connectivity index (χ2v) is 3.57. The molecule has 1 aromatic carbocycles. The van der Waals surface area contributed by atoms with E-state index in [9.17, 15) is 9.18 Å². The summed E-state index contributed by atoms with van der Waals surface area (Å²) in [5.74, 6) is -0.666. The Hall–Kier alpha value is -2.41. The highest BCUT2D eigenvalue weighted by molar-refractivity contribution is 5.95. The number of nitrogens with zero attached hydrogens (tertiary/aromatic N) is 2. The van der Waals surface area contributed by atoms with E-state index in [1.807, 2.05) is 6.07 Å². The first kappa shape index (κ1) is 11.1. The molecule has 2 rings (SSSR count). The number of rotatable bonds is 3. The van der Waals surface area contributed by atoms with Gasteiger partial charge >= 0.3 is 0 Å². The number of nitriles is 1. The van der Waals surface area contributed by atoms with Crippen LogP contribution in [0.4, 0.5) is 4.39 Å². The zero-order valence-electron chi connectivity index (χ0n) is 8.93. The molecule has 0 unspecified atom stereocenters. The standard InChI is InChI=1S/C13H9FN2O/c14-11-4-1-3-10(7-11)13(17)9-16-6-2-5-12(16)8-15/h1-7H,9H2. The molecule has 1 heterocycles. The van der Waals surface area contributed by atoms with Crippen molar-refractivity contribution in [2.45, 2.75) is 6.54 Å². The SMILES string of the molecule is N#Cc1cccn1CC(=O)c1cccc(F)c1. The van der Waals surface area contributed by atoms with Crippen molar-refractivity contribution in [3.05, 3.63) is 59.7 Å². The zero-order chi connectivity index (χ0) is 12.3. The van der Waals surface area contributed by atoms with Gasteiger partial charge in [0.25, 0.3) is 0 Å². The number of ketones is 1. The Balaban J connectivity index is 2.21. The quantitative estimate of drug-likeness (QED) is 0.757. The summed E-state index contributed by atoms with van der Waals surface area (Å²) in [6.07, 6.45) is 1.65. The van der Waals surface area contributed by atoms with Crippen molar-refractivity contribution in [1.82, 2.24) is 4.57 Å². The summed E-state index contributed by atoms with van der Waals surface area (Å²) in [5, 5.41) is 8.79. The third-order valence-corrected chi connectivity index (χ3v) is 2.40. The molecule has 0 aliphatic rings. The van der Waals surface area contributed by atoms with E-state index >= 15 is 0 Å². The third kappa shape index (κ3) is 2.40. The highest BCUT2D eigenvalue weighted by Crippen LogP contribution is 2.08. The van der Waals surface area contributed by atoms with E-state index in [1.54, 1.807) is 24.4 Å². The van der Waals surface area contributed by atoms with Crippen LogP contribution in [0.3, 0.4) is 0 Å². The van der Waals surface area contributed by atoms with Gasteiger partial charge in [-0.3, -0.25) is 4.79 Å². The van der Waals surface area contributed by atoms with Crippen molar-refractivity contribution in [2.24, 2.45) is 0 Å². The largest absolute Gasteiger partial charge is 0.332 e. The number of aromatic nitrogens is 1. The average molecular weight is 228 g/mol. The molecular weight excluding hydrogens is 219 g/mol. The van der Waals surface area contributed by atoms with Crippen molar-refractivity contribution in [3.8, 4) is 6.07 Å². The van der Waals surface area contributed by atoms with E-state index in [4.69, 9.17) is 5.26 Å². The number of Topliss-reactive ketones (excluding diaryl/α,β-unsaturated/α-hetero) is 1. The molecule has 0 saturated carbocycles. The fraction of sp³-hybridized carbons (Fsp3) is 0.0769. The van der Waals surface area contributed by atoms with Gasteiger partial charge in [-0.05, 0) is 24.3 Å². The number of carbonyl (C=O) groups is 1. The first-order chi connectivity index (χ1) is 8.20. The molecule has 0 spiro atoms. The van der Waals surface area contributed by atoms with Crippen LogP contribution in [0.2, 0.25) is 0 Å². The molecule has 4 heteroatoms. The van der Waals surface area contributed by atoms with Crippen LogP contribution in [0.15, 0.2) is 42.6 Å². The highest BCUT2D eigenvalue weighted by atomic mass is 19.1. The smallest absolute Gasteiger partial charge is 0.182 e. The number of hydrogen-bond acceptors (Lipinski definition) is 2. The molecule has 0 saturated heterocycles. The second-order valence-electron chi connectivity index (χ2n) is 3.57. The van der Waals surface area contributed by atoms with Crippen LogP contribution in [0.5, 0.6) is 0 Å². The summed E-state index contributed by atoms with van der Waals surface area (Å²) in [7, 11) is 0. The van der Waals surface area contributed by atoms with Gasteiger partial charge in [0.05, 0.1) is 6.54 Å². The van der Waals surface area contributed by atoms with Crippen molar-refractivity contribution in [3.63, 3.8) is 0 Å². The summed E-state index contributed by atoms with van der Waals surface area (Å²) < 4.78 is 14.5. The predicted molar refractivity (Wildman–Crippen MR) is 59.9 cm³/mol. The van der Waals surface area contributed by atoms with Crippen LogP contribution in [-0.2, 0) is 6.54 Å². The van der Waals surface area contributed by atoms with Crippen molar-refractivity contribution < 1.29 is 9.18 Å². The molecule has 0 radical (unpaired) electrons. The zero-order valence-corrected chi connectivity index (χ0v) is 8.93. The van der Waals surface area contributed by atoms with Crippen LogP contribution >= 0.6 is 0 Å². The Labute approximate surface area is 97.7 Å². The van der Waals surface area contributed by atoms with Crippen LogP contribution in [0.1, 0.15) is 16.1 Å². The van der Waals surface area contributed by atoms with E-state index in [-0.39, 0.29) is 12.3 Å². The van der Waals surface area contributed by atoms with Gasteiger partial charge in [0.2, 0.25) is 0 Å².